The quantitative estimate of drug-likeness (QED) is 0.354. The maximum atomic E-state index is 12.2. The van der Waals surface area contributed by atoms with Crippen LogP contribution in [0.3, 0.4) is 0 Å². The van der Waals surface area contributed by atoms with Crippen LogP contribution >= 0.6 is 11.8 Å². The average Bonchev–Trinajstić information content (AvgIpc) is 2.42. The molecule has 0 bridgehead atoms. The van der Waals surface area contributed by atoms with Gasteiger partial charge in [-0.1, -0.05) is 0 Å². The maximum Gasteiger partial charge on any atom is 0.295 e. The van der Waals surface area contributed by atoms with Gasteiger partial charge in [-0.15, -0.1) is 0 Å². The molecule has 2 atom stereocenters. The van der Waals surface area contributed by atoms with Crippen molar-refractivity contribution < 1.29 is 24.1 Å². The summed E-state index contributed by atoms with van der Waals surface area (Å²) in [5, 5.41) is 12.2. The van der Waals surface area contributed by atoms with Gasteiger partial charge in [0.25, 0.3) is 5.91 Å². The molecule has 0 spiro atoms. The summed E-state index contributed by atoms with van der Waals surface area (Å²) in [6.45, 7) is 6.13. The zero-order valence-corrected chi connectivity index (χ0v) is 13.6. The second kappa shape index (κ2) is 8.87. The molecule has 1 heterocycles. The van der Waals surface area contributed by atoms with Crippen LogP contribution in [0.5, 0.6) is 0 Å². The molecule has 1 saturated heterocycles. The van der Waals surface area contributed by atoms with Gasteiger partial charge in [0.15, 0.2) is 6.04 Å². The van der Waals surface area contributed by atoms with Crippen LogP contribution in [-0.2, 0) is 19.0 Å². The Balaban J connectivity index is 2.25. The van der Waals surface area contributed by atoms with E-state index in [-0.39, 0.29) is 17.5 Å². The fraction of sp³-hybridized carbons (Fsp3) is 0.923. The summed E-state index contributed by atoms with van der Waals surface area (Å²) in [5.74, 6) is -0.332. The fourth-order valence-electron chi connectivity index (χ4n) is 2.18. The van der Waals surface area contributed by atoms with E-state index in [1.54, 1.807) is 21.0 Å². The van der Waals surface area contributed by atoms with Gasteiger partial charge in [0, 0.05) is 25.3 Å². The van der Waals surface area contributed by atoms with Crippen molar-refractivity contribution in [1.29, 1.82) is 0 Å². The molecular formula is C13H25ClN2O5. The summed E-state index contributed by atoms with van der Waals surface area (Å²) >= 11 is 5.88. The van der Waals surface area contributed by atoms with Crippen molar-refractivity contribution in [3.63, 3.8) is 0 Å². The summed E-state index contributed by atoms with van der Waals surface area (Å²) in [6.07, 6.45) is 0.350. The molecule has 0 radical (unpaired) electrons. The van der Waals surface area contributed by atoms with Crippen LogP contribution in [0, 0.1) is 5.21 Å². The van der Waals surface area contributed by atoms with E-state index >= 15 is 0 Å². The fourth-order valence-corrected chi connectivity index (χ4v) is 2.59. The Morgan fingerprint density at radius 2 is 1.86 bits per heavy atom. The Kier molecular flexibility index (Phi) is 7.86. The van der Waals surface area contributed by atoms with Crippen molar-refractivity contribution in [3.05, 3.63) is 5.21 Å². The lowest BCUT2D eigenvalue weighted by atomic mass is 9.97. The van der Waals surface area contributed by atoms with Gasteiger partial charge >= 0.3 is 0 Å². The van der Waals surface area contributed by atoms with Crippen molar-refractivity contribution >= 4 is 17.7 Å². The van der Waals surface area contributed by atoms with Gasteiger partial charge in [0.1, 0.15) is 5.54 Å². The molecule has 0 saturated carbocycles. The first kappa shape index (κ1) is 18.6. The molecule has 0 aliphatic carbocycles. The van der Waals surface area contributed by atoms with Crippen LogP contribution in [0.25, 0.3) is 0 Å². The molecule has 21 heavy (non-hydrogen) atoms. The smallest absolute Gasteiger partial charge is 0.295 e. The maximum absolute atomic E-state index is 12.2. The highest BCUT2D eigenvalue weighted by Gasteiger charge is 2.44. The van der Waals surface area contributed by atoms with E-state index in [9.17, 15) is 10.0 Å². The number of rotatable bonds is 9. The number of hydrogen-bond donors (Lipinski definition) is 1. The lowest BCUT2D eigenvalue weighted by Gasteiger charge is -2.48. The molecule has 7 nitrogen and oxygen atoms in total. The highest BCUT2D eigenvalue weighted by atomic mass is 35.5. The number of nitrogens with zero attached hydrogens (tertiary/aromatic N) is 1. The van der Waals surface area contributed by atoms with E-state index in [0.717, 1.165) is 4.42 Å². The molecule has 1 amide bonds. The van der Waals surface area contributed by atoms with E-state index in [2.05, 4.69) is 0 Å². The molecule has 124 valence electrons. The van der Waals surface area contributed by atoms with Crippen molar-refractivity contribution in [3.8, 4) is 0 Å². The summed E-state index contributed by atoms with van der Waals surface area (Å²) < 4.78 is 16.6. The van der Waals surface area contributed by atoms with Gasteiger partial charge in [0.05, 0.1) is 39.6 Å². The molecular weight excluding hydrogens is 300 g/mol. The third kappa shape index (κ3) is 5.69. The van der Waals surface area contributed by atoms with Crippen LogP contribution in [0.4, 0.5) is 0 Å². The molecule has 0 aromatic heterocycles. The number of carbonyl (C=O) groups excluding carboxylic acids is 1. The number of ether oxygens (including phenoxy) is 3. The third-order valence-corrected chi connectivity index (χ3v) is 3.70. The van der Waals surface area contributed by atoms with E-state index in [0.29, 0.717) is 39.5 Å². The second-order valence-corrected chi connectivity index (χ2v) is 6.07. The Bertz CT molecular complexity index is 330. The van der Waals surface area contributed by atoms with E-state index in [1.165, 1.54) is 0 Å². The van der Waals surface area contributed by atoms with Crippen molar-refractivity contribution in [1.82, 2.24) is 4.42 Å². The number of hydroxylamine groups is 2. The van der Waals surface area contributed by atoms with E-state index < -0.39 is 11.6 Å². The zero-order chi connectivity index (χ0) is 15.9. The van der Waals surface area contributed by atoms with Crippen LogP contribution in [0.15, 0.2) is 0 Å². The average molecular weight is 325 g/mol. The molecule has 1 fully saturated rings. The minimum absolute atomic E-state index is 0.0654. The van der Waals surface area contributed by atoms with Gasteiger partial charge in [-0.3, -0.25) is 4.79 Å². The number of methoxy groups -OCH3 is 1. The number of carbonyl (C=O) groups is 1. The van der Waals surface area contributed by atoms with Gasteiger partial charge in [0.2, 0.25) is 0 Å². The molecule has 1 N–H and O–H groups in total. The highest BCUT2D eigenvalue weighted by molar-refractivity contribution is 6.22. The number of quaternary nitrogens is 1. The summed E-state index contributed by atoms with van der Waals surface area (Å²) in [5.41, 5.74) is -0.608. The zero-order valence-electron chi connectivity index (χ0n) is 12.9. The number of hydrogen-bond acceptors (Lipinski definition) is 5. The number of nitrogens with one attached hydrogen (secondary N) is 1. The molecule has 1 aliphatic heterocycles. The predicted octanol–water partition coefficient (Wildman–Crippen LogP) is -0.418. The van der Waals surface area contributed by atoms with Gasteiger partial charge in [-0.25, -0.2) is 4.42 Å². The van der Waals surface area contributed by atoms with Crippen molar-refractivity contribution in [2.75, 3.05) is 46.7 Å². The lowest BCUT2D eigenvalue weighted by Crippen LogP contribution is -3.22. The second-order valence-electron chi connectivity index (χ2n) is 5.67. The molecule has 1 rings (SSSR count). The monoisotopic (exact) mass is 324 g/mol. The number of piperazine rings is 1. The summed E-state index contributed by atoms with van der Waals surface area (Å²) in [4.78, 5) is 11.9. The largest absolute Gasteiger partial charge is 0.633 e. The topological polar surface area (TPSA) is 75.5 Å². The van der Waals surface area contributed by atoms with Crippen molar-refractivity contribution in [2.24, 2.45) is 0 Å². The van der Waals surface area contributed by atoms with Gasteiger partial charge in [-0.05, 0) is 13.8 Å². The number of amides is 1. The Labute approximate surface area is 130 Å². The van der Waals surface area contributed by atoms with Crippen LogP contribution < -0.4 is 5.06 Å². The van der Waals surface area contributed by atoms with Gasteiger partial charge in [-0.2, -0.15) is 0 Å². The Hall–Kier alpha value is -0.440. The lowest BCUT2D eigenvalue weighted by molar-refractivity contribution is -0.920. The molecule has 0 aromatic carbocycles. The first-order chi connectivity index (χ1) is 9.90. The number of halogens is 1. The summed E-state index contributed by atoms with van der Waals surface area (Å²) in [6, 6.07) is -0.708. The predicted molar refractivity (Wildman–Crippen MR) is 77.9 cm³/mol. The third-order valence-electron chi connectivity index (χ3n) is 3.41. The molecule has 0 aromatic rings. The van der Waals surface area contributed by atoms with Crippen LogP contribution in [0.2, 0.25) is 0 Å². The summed E-state index contributed by atoms with van der Waals surface area (Å²) in [7, 11) is 1.61. The Morgan fingerprint density at radius 1 is 1.29 bits per heavy atom. The van der Waals surface area contributed by atoms with Gasteiger partial charge < -0.3 is 24.5 Å². The minimum Gasteiger partial charge on any atom is -0.633 e. The van der Waals surface area contributed by atoms with Crippen LogP contribution in [0.1, 0.15) is 20.3 Å². The molecule has 2 unspecified atom stereocenters. The first-order valence-corrected chi connectivity index (χ1v) is 7.40. The standard InChI is InChI=1S/C13H25ClN2O5/c1-13(2)10-15(14)12(17)11(16(13)18)4-5-20-8-9-21-7-6-19-3/h11,16H,4-10H2,1-3H3. The minimum atomic E-state index is -0.708. The highest BCUT2D eigenvalue weighted by Crippen LogP contribution is 2.14. The molecule has 8 heteroatoms. The van der Waals surface area contributed by atoms with E-state index in [4.69, 9.17) is 26.0 Å². The van der Waals surface area contributed by atoms with Crippen LogP contribution in [-0.4, -0.2) is 68.6 Å². The first-order valence-electron chi connectivity index (χ1n) is 7.06. The SMILES string of the molecule is COCCOCCOCCC1C(=O)N(Cl)CC(C)(C)[NH+]1[O-]. The van der Waals surface area contributed by atoms with E-state index in [1.807, 2.05) is 0 Å². The molecule has 1 aliphatic rings. The normalized spacial score (nSPS) is 25.4. The Morgan fingerprint density at radius 3 is 2.48 bits per heavy atom. The van der Waals surface area contributed by atoms with Crippen molar-refractivity contribution in [2.45, 2.75) is 31.8 Å².